The van der Waals surface area contributed by atoms with Gasteiger partial charge in [0.25, 0.3) is 0 Å². The zero-order chi connectivity index (χ0) is 25.5. The molecule has 210 valence electrons. The summed E-state index contributed by atoms with van der Waals surface area (Å²) >= 11 is 0. The van der Waals surface area contributed by atoms with Crippen molar-refractivity contribution in [3.05, 3.63) is 0 Å². The molecular weight excluding hydrogens is 457 g/mol. The van der Waals surface area contributed by atoms with Gasteiger partial charge in [-0.25, -0.2) is 0 Å². The average Bonchev–Trinajstić information content (AvgIpc) is 2.95. The summed E-state index contributed by atoms with van der Waals surface area (Å²) < 4.78 is 9.35. The van der Waals surface area contributed by atoms with Gasteiger partial charge in [0.2, 0.25) is 7.71 Å². The third-order valence-electron chi connectivity index (χ3n) is 11.6. The van der Waals surface area contributed by atoms with Gasteiger partial charge in [0.15, 0.2) is 0 Å². The maximum Gasteiger partial charge on any atom is 0.230 e. The molecule has 0 aliphatic heterocycles. The van der Waals surface area contributed by atoms with Crippen LogP contribution in [0.5, 0.6) is 0 Å². The summed E-state index contributed by atoms with van der Waals surface area (Å²) in [5, 5.41) is 0. The van der Waals surface area contributed by atoms with Crippen molar-refractivity contribution in [1.82, 2.24) is 14.0 Å². The van der Waals surface area contributed by atoms with Crippen molar-refractivity contribution in [1.29, 1.82) is 0 Å². The molecule has 4 fully saturated rings. The molecule has 0 N–H and O–H groups in total. The van der Waals surface area contributed by atoms with Crippen LogP contribution in [0.25, 0.3) is 0 Å². The summed E-state index contributed by atoms with van der Waals surface area (Å²) in [4.78, 5) is 0. The van der Waals surface area contributed by atoms with E-state index in [-0.39, 0.29) is 0 Å². The van der Waals surface area contributed by atoms with Crippen molar-refractivity contribution in [3.8, 4) is 0 Å². The highest BCUT2D eigenvalue weighted by Gasteiger charge is 2.63. The van der Waals surface area contributed by atoms with Gasteiger partial charge in [-0.1, -0.05) is 96.8 Å². The molecule has 4 aliphatic carbocycles. The Morgan fingerprint density at radius 2 is 0.833 bits per heavy atom. The molecule has 0 aromatic rings. The summed E-state index contributed by atoms with van der Waals surface area (Å²) in [5.41, 5.74) is 0.774. The molecule has 2 unspecified atom stereocenters. The van der Waals surface area contributed by atoms with Crippen molar-refractivity contribution in [2.75, 3.05) is 21.1 Å². The second kappa shape index (κ2) is 14.1. The summed E-state index contributed by atoms with van der Waals surface area (Å²) in [6.45, 7) is 5.32. The van der Waals surface area contributed by atoms with E-state index in [4.69, 9.17) is 0 Å². The molecule has 4 rings (SSSR count). The Kier molecular flexibility index (Phi) is 11.5. The van der Waals surface area contributed by atoms with Gasteiger partial charge in [-0.05, 0) is 57.8 Å². The highest BCUT2D eigenvalue weighted by molar-refractivity contribution is 7.69. The van der Waals surface area contributed by atoms with E-state index in [1.807, 2.05) is 0 Å². The van der Waals surface area contributed by atoms with E-state index in [0.717, 1.165) is 35.6 Å². The molecule has 36 heavy (non-hydrogen) atoms. The van der Waals surface area contributed by atoms with Crippen LogP contribution in [-0.4, -0.2) is 58.9 Å². The highest BCUT2D eigenvalue weighted by atomic mass is 31.2. The van der Waals surface area contributed by atoms with E-state index >= 15 is 0 Å². The van der Waals surface area contributed by atoms with Crippen LogP contribution in [0.15, 0.2) is 0 Å². The lowest BCUT2D eigenvalue weighted by molar-refractivity contribution is 0.173. The molecule has 0 spiro atoms. The normalized spacial score (nSPS) is 26.7. The van der Waals surface area contributed by atoms with Crippen LogP contribution < -0.4 is 0 Å². The number of hydrogen-bond donors (Lipinski definition) is 0. The second-order valence-corrected chi connectivity index (χ2v) is 17.4. The Balaban J connectivity index is 1.78. The fraction of sp³-hybridized carbons (Fsp3) is 1.00. The predicted octanol–water partition coefficient (Wildman–Crippen LogP) is 9.54. The minimum absolute atomic E-state index is 0.774. The molecule has 4 aliphatic rings. The van der Waals surface area contributed by atoms with Crippen LogP contribution >= 0.6 is 7.71 Å². The summed E-state index contributed by atoms with van der Waals surface area (Å²) in [6, 6.07) is 2.36. The van der Waals surface area contributed by atoms with E-state index in [2.05, 4.69) is 49.0 Å². The Morgan fingerprint density at radius 3 is 1.14 bits per heavy atom. The van der Waals surface area contributed by atoms with Crippen LogP contribution in [0.1, 0.15) is 149 Å². The highest BCUT2D eigenvalue weighted by Crippen LogP contribution is 2.75. The number of rotatable bonds is 10. The van der Waals surface area contributed by atoms with E-state index in [9.17, 15) is 0 Å². The minimum Gasteiger partial charge on any atom is -0.148 e. The molecule has 0 amide bonds. The van der Waals surface area contributed by atoms with Crippen LogP contribution in [0.2, 0.25) is 0 Å². The lowest BCUT2D eigenvalue weighted by Gasteiger charge is -2.56. The first-order valence-corrected chi connectivity index (χ1v) is 18.3. The van der Waals surface area contributed by atoms with Gasteiger partial charge in [-0.2, -0.15) is 0 Å². The Morgan fingerprint density at radius 1 is 0.528 bits per heavy atom. The minimum atomic E-state index is -1.71. The number of nitrogens with zero attached hydrogens (tertiary/aromatic N) is 3. The van der Waals surface area contributed by atoms with Gasteiger partial charge in [0.1, 0.15) is 5.66 Å². The van der Waals surface area contributed by atoms with Gasteiger partial charge in [-0.15, -0.1) is 14.0 Å². The fourth-order valence-corrected chi connectivity index (χ4v) is 15.7. The van der Waals surface area contributed by atoms with Gasteiger partial charge in [-0.3, -0.25) is 0 Å². The van der Waals surface area contributed by atoms with Crippen molar-refractivity contribution in [3.63, 3.8) is 0 Å². The SMILES string of the molecule is CCC(C1CCCCC1)C(C)[P+](N(C)C1CCCCC1)(N(C)C1CCCCC1)N(C)C1CCCCC1. The van der Waals surface area contributed by atoms with Crippen molar-refractivity contribution < 1.29 is 0 Å². The predicted molar refractivity (Wildman–Crippen MR) is 161 cm³/mol. The quantitative estimate of drug-likeness (QED) is 0.266. The molecule has 0 saturated heterocycles. The summed E-state index contributed by atoms with van der Waals surface area (Å²) in [7, 11) is 6.19. The monoisotopic (exact) mass is 520 g/mol. The summed E-state index contributed by atoms with van der Waals surface area (Å²) in [6.07, 6.45) is 30.5. The molecule has 3 nitrogen and oxygen atoms in total. The Labute approximate surface area is 227 Å². The van der Waals surface area contributed by atoms with E-state index < -0.39 is 7.71 Å². The first-order chi connectivity index (χ1) is 17.5. The lowest BCUT2D eigenvalue weighted by Crippen LogP contribution is -2.56. The topological polar surface area (TPSA) is 9.72 Å². The zero-order valence-electron chi connectivity index (χ0n) is 25.1. The van der Waals surface area contributed by atoms with Crippen molar-refractivity contribution in [2.24, 2.45) is 11.8 Å². The molecule has 0 heterocycles. The molecule has 0 bridgehead atoms. The molecule has 0 aromatic heterocycles. The Hall–Kier alpha value is 0.310. The average molecular weight is 521 g/mol. The Bertz CT molecular complexity index is 557. The van der Waals surface area contributed by atoms with Crippen molar-refractivity contribution >= 4 is 7.71 Å². The van der Waals surface area contributed by atoms with Gasteiger partial charge in [0, 0.05) is 45.2 Å². The second-order valence-electron chi connectivity index (χ2n) is 13.4. The van der Waals surface area contributed by atoms with Crippen LogP contribution in [-0.2, 0) is 0 Å². The summed E-state index contributed by atoms with van der Waals surface area (Å²) in [5.74, 6) is 1.83. The van der Waals surface area contributed by atoms with Gasteiger partial charge in [0.05, 0.1) is 0 Å². The molecule has 4 heteroatoms. The van der Waals surface area contributed by atoms with Crippen LogP contribution in [0.3, 0.4) is 0 Å². The molecule has 0 aromatic carbocycles. The zero-order valence-corrected chi connectivity index (χ0v) is 26.0. The fourth-order valence-electron chi connectivity index (χ4n) is 9.50. The maximum atomic E-state index is 3.12. The van der Waals surface area contributed by atoms with Crippen molar-refractivity contribution in [2.45, 2.75) is 172 Å². The molecule has 4 saturated carbocycles. The van der Waals surface area contributed by atoms with E-state index in [1.54, 1.807) is 0 Å². The number of hydrogen-bond acceptors (Lipinski definition) is 3. The van der Waals surface area contributed by atoms with Crippen LogP contribution in [0.4, 0.5) is 0 Å². The third kappa shape index (κ3) is 6.21. The van der Waals surface area contributed by atoms with E-state index in [1.165, 1.54) is 135 Å². The first-order valence-electron chi connectivity index (χ1n) is 16.6. The van der Waals surface area contributed by atoms with E-state index in [0.29, 0.717) is 0 Å². The largest absolute Gasteiger partial charge is 0.230 e. The molecular formula is C32H63N3P+. The van der Waals surface area contributed by atoms with Gasteiger partial charge < -0.3 is 0 Å². The maximum absolute atomic E-state index is 3.12. The van der Waals surface area contributed by atoms with Gasteiger partial charge >= 0.3 is 0 Å². The third-order valence-corrected chi connectivity index (χ3v) is 16.8. The first kappa shape index (κ1) is 29.3. The lowest BCUT2D eigenvalue weighted by atomic mass is 9.77. The molecule has 2 atom stereocenters. The van der Waals surface area contributed by atoms with Crippen LogP contribution in [0, 0.1) is 11.8 Å². The smallest absolute Gasteiger partial charge is 0.148 e. The standard InChI is InChI=1S/C32H63N3P/c1-6-32(28-19-11-7-12-20-28)27(2)36(33(3)29-21-13-8-14-22-29,34(4)30-23-15-9-16-24-30)35(5)31-25-17-10-18-26-31/h27-32H,6-26H2,1-5H3/q+1. The molecule has 0 radical (unpaired) electrons.